The number of carboxylic acid groups (broad SMARTS) is 1. The molecule has 1 aromatic rings. The Labute approximate surface area is 93.3 Å². The van der Waals surface area contributed by atoms with Gasteiger partial charge in [0.25, 0.3) is 0 Å². The molecule has 16 heavy (non-hydrogen) atoms. The highest BCUT2D eigenvalue weighted by Crippen LogP contribution is 2.10. The van der Waals surface area contributed by atoms with E-state index in [1.54, 1.807) is 0 Å². The number of nitrogens with zero attached hydrogens (tertiary/aromatic N) is 3. The fraction of sp³-hybridized carbons (Fsp3) is 0.364. The Morgan fingerprint density at radius 1 is 1.44 bits per heavy atom. The highest BCUT2D eigenvalue weighted by atomic mass is 16.4. The highest BCUT2D eigenvalue weighted by Gasteiger charge is 2.11. The standard InChI is InChI=1S/C11H13N3O2/c12-14-13-10(8-11(15)16)7-6-9-4-2-1-3-5-9/h1-5,10H,6-8H2,(H,15,16)/t10-/m0/s1. The monoisotopic (exact) mass is 219 g/mol. The number of hydrogen-bond acceptors (Lipinski definition) is 2. The van der Waals surface area contributed by atoms with Crippen LogP contribution < -0.4 is 0 Å². The van der Waals surface area contributed by atoms with Crippen LogP contribution >= 0.6 is 0 Å². The van der Waals surface area contributed by atoms with Crippen LogP contribution in [0, 0.1) is 0 Å². The van der Waals surface area contributed by atoms with Crippen LogP contribution in [0.5, 0.6) is 0 Å². The van der Waals surface area contributed by atoms with E-state index in [0.717, 1.165) is 12.0 Å². The summed E-state index contributed by atoms with van der Waals surface area (Å²) in [5.41, 5.74) is 9.43. The molecule has 5 nitrogen and oxygen atoms in total. The smallest absolute Gasteiger partial charge is 0.303 e. The van der Waals surface area contributed by atoms with Crippen molar-refractivity contribution < 1.29 is 9.90 Å². The van der Waals surface area contributed by atoms with E-state index in [9.17, 15) is 4.79 Å². The summed E-state index contributed by atoms with van der Waals surface area (Å²) in [6, 6.07) is 9.24. The zero-order valence-electron chi connectivity index (χ0n) is 8.78. The number of rotatable bonds is 6. The molecule has 0 heterocycles. The molecular formula is C11H13N3O2. The highest BCUT2D eigenvalue weighted by molar-refractivity contribution is 5.67. The molecule has 0 amide bonds. The molecule has 0 radical (unpaired) electrons. The summed E-state index contributed by atoms with van der Waals surface area (Å²) in [7, 11) is 0. The maximum atomic E-state index is 10.5. The zero-order chi connectivity index (χ0) is 11.8. The first kappa shape index (κ1) is 12.1. The van der Waals surface area contributed by atoms with Gasteiger partial charge in [-0.05, 0) is 23.9 Å². The van der Waals surface area contributed by atoms with Crippen LogP contribution in [-0.2, 0) is 11.2 Å². The summed E-state index contributed by atoms with van der Waals surface area (Å²) in [5, 5.41) is 12.1. The van der Waals surface area contributed by atoms with Gasteiger partial charge >= 0.3 is 5.97 Å². The number of aryl methyl sites for hydroxylation is 1. The fourth-order valence-electron chi connectivity index (χ4n) is 1.45. The minimum atomic E-state index is -0.939. The third-order valence-electron chi connectivity index (χ3n) is 2.23. The molecule has 0 bridgehead atoms. The van der Waals surface area contributed by atoms with Crippen molar-refractivity contribution in [3.63, 3.8) is 0 Å². The van der Waals surface area contributed by atoms with Crippen LogP contribution in [0.4, 0.5) is 0 Å². The van der Waals surface area contributed by atoms with Crippen LogP contribution in [0.1, 0.15) is 18.4 Å². The number of aliphatic carboxylic acids is 1. The van der Waals surface area contributed by atoms with Gasteiger partial charge in [0.05, 0.1) is 6.42 Å². The third kappa shape index (κ3) is 4.48. The van der Waals surface area contributed by atoms with Gasteiger partial charge in [0.1, 0.15) is 0 Å². The van der Waals surface area contributed by atoms with E-state index in [4.69, 9.17) is 10.6 Å². The summed E-state index contributed by atoms with van der Waals surface area (Å²) in [6.45, 7) is 0. The van der Waals surface area contributed by atoms with Gasteiger partial charge in [0.2, 0.25) is 0 Å². The molecule has 0 aliphatic heterocycles. The lowest BCUT2D eigenvalue weighted by molar-refractivity contribution is -0.137. The Kier molecular flexibility index (Phi) is 4.89. The lowest BCUT2D eigenvalue weighted by Crippen LogP contribution is -2.11. The molecule has 0 aliphatic rings. The SMILES string of the molecule is [N-]=[N+]=N[C@@H](CCc1ccccc1)CC(=O)O. The normalized spacial score (nSPS) is 11.5. The molecule has 0 fully saturated rings. The number of hydrogen-bond donors (Lipinski definition) is 1. The van der Waals surface area contributed by atoms with E-state index in [1.807, 2.05) is 30.3 Å². The molecule has 1 N–H and O–H groups in total. The van der Waals surface area contributed by atoms with E-state index in [1.165, 1.54) is 0 Å². The maximum Gasteiger partial charge on any atom is 0.303 e. The van der Waals surface area contributed by atoms with Crippen LogP contribution in [0.25, 0.3) is 10.4 Å². The van der Waals surface area contributed by atoms with Crippen LogP contribution in [-0.4, -0.2) is 17.1 Å². The van der Waals surface area contributed by atoms with Crippen LogP contribution in [0.3, 0.4) is 0 Å². The zero-order valence-corrected chi connectivity index (χ0v) is 8.78. The van der Waals surface area contributed by atoms with Gasteiger partial charge in [0.15, 0.2) is 0 Å². The number of carbonyl (C=O) groups is 1. The van der Waals surface area contributed by atoms with Gasteiger partial charge in [-0.2, -0.15) is 0 Å². The van der Waals surface area contributed by atoms with E-state index < -0.39 is 12.0 Å². The fourth-order valence-corrected chi connectivity index (χ4v) is 1.45. The molecule has 0 unspecified atom stereocenters. The first-order chi connectivity index (χ1) is 7.72. The van der Waals surface area contributed by atoms with Gasteiger partial charge in [-0.25, -0.2) is 0 Å². The van der Waals surface area contributed by atoms with Gasteiger partial charge < -0.3 is 5.11 Å². The van der Waals surface area contributed by atoms with Crippen molar-refractivity contribution in [1.82, 2.24) is 0 Å². The molecule has 0 saturated carbocycles. The summed E-state index contributed by atoms with van der Waals surface area (Å²) in [5.74, 6) is -0.939. The molecule has 0 aromatic heterocycles. The predicted octanol–water partition coefficient (Wildman–Crippen LogP) is 2.77. The van der Waals surface area contributed by atoms with Crippen LogP contribution in [0.15, 0.2) is 35.4 Å². The number of benzene rings is 1. The summed E-state index contributed by atoms with van der Waals surface area (Å²) in [4.78, 5) is 13.2. The average molecular weight is 219 g/mol. The van der Waals surface area contributed by atoms with Crippen molar-refractivity contribution in [2.24, 2.45) is 5.11 Å². The molecular weight excluding hydrogens is 206 g/mol. The first-order valence-electron chi connectivity index (χ1n) is 5.02. The minimum Gasteiger partial charge on any atom is -0.481 e. The molecule has 0 aliphatic carbocycles. The Bertz CT molecular complexity index is 385. The predicted molar refractivity (Wildman–Crippen MR) is 59.9 cm³/mol. The Hall–Kier alpha value is -2.00. The van der Waals surface area contributed by atoms with Crippen molar-refractivity contribution in [3.8, 4) is 0 Å². The second kappa shape index (κ2) is 6.48. The molecule has 0 spiro atoms. The second-order valence-electron chi connectivity index (χ2n) is 3.48. The van der Waals surface area contributed by atoms with E-state index in [-0.39, 0.29) is 6.42 Å². The van der Waals surface area contributed by atoms with E-state index in [0.29, 0.717) is 6.42 Å². The lowest BCUT2D eigenvalue weighted by Gasteiger charge is -2.07. The van der Waals surface area contributed by atoms with E-state index >= 15 is 0 Å². The Morgan fingerprint density at radius 2 is 2.12 bits per heavy atom. The number of azide groups is 1. The summed E-state index contributed by atoms with van der Waals surface area (Å²) in [6.07, 6.45) is 1.16. The van der Waals surface area contributed by atoms with Gasteiger partial charge in [-0.1, -0.05) is 35.4 Å². The van der Waals surface area contributed by atoms with Gasteiger partial charge in [-0.3, -0.25) is 4.79 Å². The van der Waals surface area contributed by atoms with E-state index in [2.05, 4.69) is 10.0 Å². The van der Waals surface area contributed by atoms with Gasteiger partial charge in [0, 0.05) is 11.0 Å². The van der Waals surface area contributed by atoms with Crippen molar-refractivity contribution in [2.75, 3.05) is 0 Å². The molecule has 1 aromatic carbocycles. The van der Waals surface area contributed by atoms with Gasteiger partial charge in [-0.15, -0.1) is 0 Å². The van der Waals surface area contributed by atoms with Crippen LogP contribution in [0.2, 0.25) is 0 Å². The number of carboxylic acids is 1. The Morgan fingerprint density at radius 3 is 2.69 bits per heavy atom. The van der Waals surface area contributed by atoms with Crippen molar-refractivity contribution in [1.29, 1.82) is 0 Å². The lowest BCUT2D eigenvalue weighted by atomic mass is 10.0. The van der Waals surface area contributed by atoms with Crippen molar-refractivity contribution in [3.05, 3.63) is 46.3 Å². The molecule has 84 valence electrons. The molecule has 1 rings (SSSR count). The molecule has 0 saturated heterocycles. The Balaban J connectivity index is 2.50. The molecule has 1 atom stereocenters. The molecule has 5 heteroatoms. The average Bonchev–Trinajstić information content (AvgIpc) is 2.27. The topological polar surface area (TPSA) is 86.1 Å². The maximum absolute atomic E-state index is 10.5. The van der Waals surface area contributed by atoms with Crippen molar-refractivity contribution in [2.45, 2.75) is 25.3 Å². The largest absolute Gasteiger partial charge is 0.481 e. The summed E-state index contributed by atoms with van der Waals surface area (Å²) >= 11 is 0. The van der Waals surface area contributed by atoms with Crippen molar-refractivity contribution >= 4 is 5.97 Å². The first-order valence-corrected chi connectivity index (χ1v) is 5.02. The second-order valence-corrected chi connectivity index (χ2v) is 3.48. The summed E-state index contributed by atoms with van der Waals surface area (Å²) < 4.78 is 0. The minimum absolute atomic E-state index is 0.114. The quantitative estimate of drug-likeness (QED) is 0.453. The third-order valence-corrected chi connectivity index (χ3v) is 2.23.